The number of hydrogen-bond donors (Lipinski definition) is 3. The minimum Gasteiger partial charge on any atom is -0.492 e. The highest BCUT2D eigenvalue weighted by atomic mass is 79.9. The van der Waals surface area contributed by atoms with E-state index < -0.39 is 11.8 Å². The normalized spacial score (nSPS) is 10.7. The monoisotopic (exact) mass is 549 g/mol. The number of nitrogens with one attached hydrogen (secondary N) is 3. The van der Waals surface area contributed by atoms with Crippen molar-refractivity contribution in [2.45, 2.75) is 47.0 Å². The van der Waals surface area contributed by atoms with E-state index >= 15 is 0 Å². The highest BCUT2D eigenvalue weighted by Crippen LogP contribution is 2.28. The molecule has 0 aromatic heterocycles. The summed E-state index contributed by atoms with van der Waals surface area (Å²) < 4.78 is 12.1. The van der Waals surface area contributed by atoms with Gasteiger partial charge in [0.15, 0.2) is 11.7 Å². The predicted octanol–water partition coefficient (Wildman–Crippen LogP) is 5.02. The van der Waals surface area contributed by atoms with Crippen molar-refractivity contribution >= 4 is 45.1 Å². The number of ether oxygens (including phenoxy) is 2. The lowest BCUT2D eigenvalue weighted by molar-refractivity contribution is -0.123. The van der Waals surface area contributed by atoms with Gasteiger partial charge in [0.25, 0.3) is 11.8 Å². The van der Waals surface area contributed by atoms with Crippen molar-refractivity contribution in [1.29, 1.82) is 0 Å². The number of carbonyl (C=O) groups is 2. The van der Waals surface area contributed by atoms with Crippen LogP contribution in [0, 0.1) is 12.8 Å². The Labute approximate surface area is 215 Å². The maximum Gasteiger partial charge on any atom is 0.276 e. The van der Waals surface area contributed by atoms with Crippen LogP contribution in [0.5, 0.6) is 11.5 Å². The molecule has 0 fully saturated rings. The van der Waals surface area contributed by atoms with Crippen LogP contribution in [-0.4, -0.2) is 30.1 Å². The Morgan fingerprint density at radius 2 is 1.74 bits per heavy atom. The number of aryl methyl sites for hydroxylation is 1. The summed E-state index contributed by atoms with van der Waals surface area (Å²) >= 11 is 8.53. The Hall–Kier alpha value is -2.65. The number of thiocarbonyl (C=S) groups is 1. The fourth-order valence-corrected chi connectivity index (χ4v) is 3.56. The molecule has 0 unspecified atom stereocenters. The molecule has 7 nitrogen and oxygen atoms in total. The Bertz CT molecular complexity index is 1030. The molecule has 0 atom stereocenters. The molecule has 0 aliphatic carbocycles. The highest BCUT2D eigenvalue weighted by Gasteiger charge is 2.13. The van der Waals surface area contributed by atoms with Gasteiger partial charge in [0, 0.05) is 5.56 Å². The van der Waals surface area contributed by atoms with Crippen LogP contribution in [0.25, 0.3) is 0 Å². The molecule has 2 amide bonds. The van der Waals surface area contributed by atoms with E-state index in [9.17, 15) is 9.59 Å². The summed E-state index contributed by atoms with van der Waals surface area (Å²) in [6, 6.07) is 10.9. The zero-order valence-corrected chi connectivity index (χ0v) is 22.6. The first-order valence-corrected chi connectivity index (χ1v) is 12.3. The Morgan fingerprint density at radius 3 is 2.38 bits per heavy atom. The molecule has 0 saturated heterocycles. The second kappa shape index (κ2) is 13.3. The minimum absolute atomic E-state index is 0.0369. The van der Waals surface area contributed by atoms with E-state index in [1.54, 1.807) is 18.2 Å². The van der Waals surface area contributed by atoms with Gasteiger partial charge in [-0.2, -0.15) is 0 Å². The molecule has 0 spiro atoms. The average Bonchev–Trinajstić information content (AvgIpc) is 2.76. The summed E-state index contributed by atoms with van der Waals surface area (Å²) in [5.41, 5.74) is 7.40. The lowest BCUT2D eigenvalue weighted by Crippen LogP contribution is -2.49. The van der Waals surface area contributed by atoms with Crippen LogP contribution in [0.15, 0.2) is 40.9 Å². The quantitative estimate of drug-likeness (QED) is 0.300. The molecule has 2 aromatic carbocycles. The van der Waals surface area contributed by atoms with Crippen molar-refractivity contribution in [2.24, 2.45) is 5.92 Å². The molecule has 184 valence electrons. The number of rotatable bonds is 9. The van der Waals surface area contributed by atoms with Crippen molar-refractivity contribution in [3.8, 4) is 11.5 Å². The van der Waals surface area contributed by atoms with Crippen molar-refractivity contribution in [1.82, 2.24) is 16.2 Å². The van der Waals surface area contributed by atoms with E-state index in [0.29, 0.717) is 34.1 Å². The molecule has 34 heavy (non-hydrogen) atoms. The van der Waals surface area contributed by atoms with E-state index in [0.717, 1.165) is 17.5 Å². The number of hydrazine groups is 1. The van der Waals surface area contributed by atoms with Crippen molar-refractivity contribution in [2.75, 3.05) is 13.2 Å². The summed E-state index contributed by atoms with van der Waals surface area (Å²) in [5.74, 6) is 1.30. The van der Waals surface area contributed by atoms with Crippen molar-refractivity contribution < 1.29 is 19.1 Å². The molecule has 0 radical (unpaired) electrons. The van der Waals surface area contributed by atoms with Gasteiger partial charge in [-0.3, -0.25) is 25.8 Å². The van der Waals surface area contributed by atoms with Crippen LogP contribution in [0.3, 0.4) is 0 Å². The molecule has 0 saturated carbocycles. The molecule has 2 aromatic rings. The summed E-state index contributed by atoms with van der Waals surface area (Å²) in [6.45, 7) is 10.7. The third-order valence-corrected chi connectivity index (χ3v) is 5.66. The van der Waals surface area contributed by atoms with Gasteiger partial charge >= 0.3 is 0 Å². The first-order valence-electron chi connectivity index (χ1n) is 11.1. The van der Waals surface area contributed by atoms with Crippen LogP contribution in [0.1, 0.15) is 61.5 Å². The SMILES string of the molecule is Cc1ccc(C(C)C)c(OCC(=O)NNC(=S)NC(=O)c2ccc(OCCC(C)C)c(Br)c2)c1. The second-order valence-corrected chi connectivity index (χ2v) is 9.88. The number of halogens is 1. The lowest BCUT2D eigenvalue weighted by Gasteiger charge is -2.15. The molecule has 3 N–H and O–H groups in total. The van der Waals surface area contributed by atoms with Gasteiger partial charge in [-0.1, -0.05) is 39.8 Å². The third-order valence-electron chi connectivity index (χ3n) is 4.84. The minimum atomic E-state index is -0.432. The van der Waals surface area contributed by atoms with E-state index in [2.05, 4.69) is 59.8 Å². The summed E-state index contributed by atoms with van der Waals surface area (Å²) in [4.78, 5) is 24.6. The first kappa shape index (κ1) is 27.6. The van der Waals surface area contributed by atoms with Gasteiger partial charge in [-0.05, 0) is 88.7 Å². The number of hydrogen-bond acceptors (Lipinski definition) is 5. The number of benzene rings is 2. The van der Waals surface area contributed by atoms with Crippen molar-refractivity contribution in [3.05, 3.63) is 57.6 Å². The topological polar surface area (TPSA) is 88.7 Å². The van der Waals surface area contributed by atoms with E-state index in [1.165, 1.54) is 0 Å². The summed E-state index contributed by atoms with van der Waals surface area (Å²) in [7, 11) is 0. The Balaban J connectivity index is 1.81. The summed E-state index contributed by atoms with van der Waals surface area (Å²) in [6.07, 6.45) is 0.940. The van der Waals surface area contributed by atoms with Crippen LogP contribution in [0.4, 0.5) is 0 Å². The number of carbonyl (C=O) groups excluding carboxylic acids is 2. The molecular formula is C25H32BrN3O4S. The van der Waals surface area contributed by atoms with Crippen molar-refractivity contribution in [3.63, 3.8) is 0 Å². The molecule has 0 heterocycles. The molecular weight excluding hydrogens is 518 g/mol. The molecule has 0 aliphatic rings. The maximum atomic E-state index is 12.5. The fraction of sp³-hybridized carbons (Fsp3) is 0.400. The largest absolute Gasteiger partial charge is 0.492 e. The van der Waals surface area contributed by atoms with Crippen LogP contribution >= 0.6 is 28.1 Å². The van der Waals surface area contributed by atoms with Crippen LogP contribution < -0.4 is 25.6 Å². The van der Waals surface area contributed by atoms with Gasteiger partial charge in [0.05, 0.1) is 11.1 Å². The molecule has 0 aliphatic heterocycles. The Morgan fingerprint density at radius 1 is 1.00 bits per heavy atom. The highest BCUT2D eigenvalue weighted by molar-refractivity contribution is 9.10. The summed E-state index contributed by atoms with van der Waals surface area (Å²) in [5, 5.41) is 2.49. The molecule has 9 heteroatoms. The van der Waals surface area contributed by atoms with Gasteiger partial charge in [-0.15, -0.1) is 0 Å². The molecule has 2 rings (SSSR count). The maximum absolute atomic E-state index is 12.5. The molecule has 0 bridgehead atoms. The van der Waals surface area contributed by atoms with E-state index in [-0.39, 0.29) is 17.6 Å². The van der Waals surface area contributed by atoms with Gasteiger partial charge in [0.1, 0.15) is 11.5 Å². The Kier molecular flexibility index (Phi) is 10.8. The number of amides is 2. The predicted molar refractivity (Wildman–Crippen MR) is 141 cm³/mol. The smallest absolute Gasteiger partial charge is 0.276 e. The van der Waals surface area contributed by atoms with Crippen LogP contribution in [-0.2, 0) is 4.79 Å². The van der Waals surface area contributed by atoms with Crippen LogP contribution in [0.2, 0.25) is 0 Å². The standard InChI is InChI=1S/C25H32BrN3O4S/c1-15(2)10-11-32-21-9-7-18(13-20(21)26)24(31)27-25(34)29-28-23(30)14-33-22-12-17(5)6-8-19(22)16(3)4/h6-9,12-13,15-16H,10-11,14H2,1-5H3,(H,28,30)(H2,27,29,31,34). The average molecular weight is 551 g/mol. The second-order valence-electron chi connectivity index (χ2n) is 8.62. The fourth-order valence-electron chi connectivity index (χ4n) is 2.92. The zero-order valence-electron chi connectivity index (χ0n) is 20.2. The van der Waals surface area contributed by atoms with Gasteiger partial charge in [0.2, 0.25) is 0 Å². The van der Waals surface area contributed by atoms with Gasteiger partial charge < -0.3 is 9.47 Å². The van der Waals surface area contributed by atoms with Gasteiger partial charge in [-0.25, -0.2) is 0 Å². The third kappa shape index (κ3) is 8.95. The first-order chi connectivity index (χ1) is 16.1. The lowest BCUT2D eigenvalue weighted by atomic mass is 10.0. The van der Waals surface area contributed by atoms with E-state index in [1.807, 2.05) is 25.1 Å². The van der Waals surface area contributed by atoms with E-state index in [4.69, 9.17) is 21.7 Å². The zero-order chi connectivity index (χ0) is 25.3.